The van der Waals surface area contributed by atoms with Crippen LogP contribution in [0.1, 0.15) is 24.5 Å². The van der Waals surface area contributed by atoms with E-state index in [0.717, 1.165) is 5.56 Å². The van der Waals surface area contributed by atoms with Gasteiger partial charge in [-0.25, -0.2) is 13.1 Å². The summed E-state index contributed by atoms with van der Waals surface area (Å²) in [4.78, 5) is 10.9. The molecule has 1 aromatic rings. The first-order chi connectivity index (χ1) is 9.76. The molecule has 0 spiro atoms. The predicted octanol–water partition coefficient (Wildman–Crippen LogP) is -0.153. The molecule has 1 aromatic carbocycles. The Hall–Kier alpha value is -1.88. The van der Waals surface area contributed by atoms with Crippen molar-refractivity contribution in [3.63, 3.8) is 0 Å². The quantitative estimate of drug-likeness (QED) is 0.656. The van der Waals surface area contributed by atoms with Gasteiger partial charge in [0.25, 0.3) is 0 Å². The third kappa shape index (κ3) is 5.19. The lowest BCUT2D eigenvalue weighted by Gasteiger charge is -2.14. The molecule has 0 radical (unpaired) electrons. The molecule has 5 N–H and O–H groups in total. The summed E-state index contributed by atoms with van der Waals surface area (Å²) < 4.78 is 27.1. The molecule has 0 aliphatic rings. The Labute approximate surface area is 125 Å². The van der Waals surface area contributed by atoms with Crippen molar-refractivity contribution >= 4 is 15.9 Å². The molecule has 0 bridgehead atoms. The molecule has 0 aliphatic heterocycles. The number of nitrogens with two attached hydrogens (primary N) is 2. The van der Waals surface area contributed by atoms with Crippen LogP contribution in [0.2, 0.25) is 0 Å². The van der Waals surface area contributed by atoms with Crippen molar-refractivity contribution < 1.29 is 13.2 Å². The van der Waals surface area contributed by atoms with Crippen LogP contribution in [0.3, 0.4) is 0 Å². The van der Waals surface area contributed by atoms with E-state index in [9.17, 15) is 13.2 Å². The van der Waals surface area contributed by atoms with Gasteiger partial charge < -0.3 is 11.5 Å². The minimum atomic E-state index is -3.78. The summed E-state index contributed by atoms with van der Waals surface area (Å²) in [7, 11) is -3.78. The van der Waals surface area contributed by atoms with Gasteiger partial charge in [0, 0.05) is 18.0 Å². The summed E-state index contributed by atoms with van der Waals surface area (Å²) in [6.07, 6.45) is -0.0745. The standard InChI is InChI=1S/C14H19N3O3S/c1-10-5-6-13(12(8-10)4-3-7-15)21(19,20)17-11(2)9-14(16)18/h5-6,8,11,17H,7,9,15H2,1-2H3,(H2,16,18). The maximum atomic E-state index is 12.4. The van der Waals surface area contributed by atoms with E-state index in [1.165, 1.54) is 6.07 Å². The van der Waals surface area contributed by atoms with Crippen LogP contribution in [0.5, 0.6) is 0 Å². The van der Waals surface area contributed by atoms with Crippen LogP contribution in [-0.2, 0) is 14.8 Å². The van der Waals surface area contributed by atoms with Gasteiger partial charge in [-0.15, -0.1) is 0 Å². The van der Waals surface area contributed by atoms with Crippen LogP contribution >= 0.6 is 0 Å². The van der Waals surface area contributed by atoms with Crippen molar-refractivity contribution in [3.05, 3.63) is 29.3 Å². The van der Waals surface area contributed by atoms with Crippen molar-refractivity contribution in [2.75, 3.05) is 6.54 Å². The van der Waals surface area contributed by atoms with Crippen molar-refractivity contribution in [2.45, 2.75) is 31.2 Å². The van der Waals surface area contributed by atoms with Gasteiger partial charge in [0.05, 0.1) is 11.4 Å². The van der Waals surface area contributed by atoms with Crippen LogP contribution in [0, 0.1) is 18.8 Å². The molecular weight excluding hydrogens is 290 g/mol. The summed E-state index contributed by atoms with van der Waals surface area (Å²) in [6, 6.07) is 4.25. The molecule has 1 amide bonds. The summed E-state index contributed by atoms with van der Waals surface area (Å²) in [5, 5.41) is 0. The van der Waals surface area contributed by atoms with Crippen molar-refractivity contribution in [1.82, 2.24) is 4.72 Å². The number of aryl methyl sites for hydroxylation is 1. The molecule has 114 valence electrons. The maximum absolute atomic E-state index is 12.4. The second kappa shape index (κ2) is 7.22. The predicted molar refractivity (Wildman–Crippen MR) is 80.7 cm³/mol. The monoisotopic (exact) mass is 309 g/mol. The van der Waals surface area contributed by atoms with Gasteiger partial charge in [-0.1, -0.05) is 17.9 Å². The highest BCUT2D eigenvalue weighted by atomic mass is 32.2. The maximum Gasteiger partial charge on any atom is 0.242 e. The van der Waals surface area contributed by atoms with Crippen LogP contribution in [0.15, 0.2) is 23.1 Å². The zero-order valence-electron chi connectivity index (χ0n) is 12.0. The van der Waals surface area contributed by atoms with E-state index in [4.69, 9.17) is 11.5 Å². The molecule has 0 aliphatic carbocycles. The van der Waals surface area contributed by atoms with Gasteiger partial charge in [0.1, 0.15) is 0 Å². The van der Waals surface area contributed by atoms with Gasteiger partial charge in [-0.3, -0.25) is 4.79 Å². The van der Waals surface area contributed by atoms with E-state index in [2.05, 4.69) is 16.6 Å². The summed E-state index contributed by atoms with van der Waals surface area (Å²) in [5.41, 5.74) is 11.6. The molecule has 1 unspecified atom stereocenters. The molecule has 1 rings (SSSR count). The number of amides is 1. The normalized spacial score (nSPS) is 12.3. The van der Waals surface area contributed by atoms with Crippen LogP contribution in [-0.4, -0.2) is 26.9 Å². The largest absolute Gasteiger partial charge is 0.370 e. The Morgan fingerprint density at radius 3 is 2.67 bits per heavy atom. The Balaban J connectivity index is 3.16. The van der Waals surface area contributed by atoms with E-state index in [0.29, 0.717) is 5.56 Å². The molecule has 7 heteroatoms. The number of carbonyl (C=O) groups excluding carboxylic acids is 1. The van der Waals surface area contributed by atoms with Gasteiger partial charge in [0.2, 0.25) is 15.9 Å². The van der Waals surface area contributed by atoms with Crippen LogP contribution in [0.25, 0.3) is 0 Å². The van der Waals surface area contributed by atoms with E-state index < -0.39 is 22.0 Å². The molecule has 21 heavy (non-hydrogen) atoms. The van der Waals surface area contributed by atoms with Crippen molar-refractivity contribution in [2.24, 2.45) is 11.5 Å². The number of hydrogen-bond acceptors (Lipinski definition) is 4. The third-order valence-corrected chi connectivity index (χ3v) is 4.26. The minimum absolute atomic E-state index is 0.0605. The first-order valence-corrected chi connectivity index (χ1v) is 7.85. The molecule has 0 fully saturated rings. The van der Waals surface area contributed by atoms with Crippen molar-refractivity contribution in [3.8, 4) is 11.8 Å². The fourth-order valence-electron chi connectivity index (χ4n) is 1.79. The highest BCUT2D eigenvalue weighted by Crippen LogP contribution is 2.17. The second-order valence-corrected chi connectivity index (χ2v) is 6.38. The van der Waals surface area contributed by atoms with E-state index >= 15 is 0 Å². The molecule has 0 saturated heterocycles. The first kappa shape index (κ1) is 17.2. The minimum Gasteiger partial charge on any atom is -0.370 e. The highest BCUT2D eigenvalue weighted by molar-refractivity contribution is 7.89. The van der Waals surface area contributed by atoms with Gasteiger partial charge in [0.15, 0.2) is 0 Å². The Bertz CT molecular complexity index is 687. The fraction of sp³-hybridized carbons (Fsp3) is 0.357. The lowest BCUT2D eigenvalue weighted by atomic mass is 10.1. The topological polar surface area (TPSA) is 115 Å². The molecule has 1 atom stereocenters. The molecular formula is C14H19N3O3S. The highest BCUT2D eigenvalue weighted by Gasteiger charge is 2.21. The number of benzene rings is 1. The molecule has 0 heterocycles. The number of nitrogens with one attached hydrogen (secondary N) is 1. The molecule has 0 saturated carbocycles. The SMILES string of the molecule is Cc1ccc(S(=O)(=O)NC(C)CC(N)=O)c(C#CCN)c1. The lowest BCUT2D eigenvalue weighted by molar-refractivity contribution is -0.118. The number of hydrogen-bond donors (Lipinski definition) is 3. The van der Waals surface area contributed by atoms with Gasteiger partial charge in [-0.05, 0) is 31.5 Å². The molecule has 0 aromatic heterocycles. The zero-order valence-corrected chi connectivity index (χ0v) is 12.8. The van der Waals surface area contributed by atoms with E-state index in [1.54, 1.807) is 19.1 Å². The average Bonchev–Trinajstić information content (AvgIpc) is 2.34. The molecule has 6 nitrogen and oxygen atoms in total. The Kier molecular flexibility index (Phi) is 5.90. The number of primary amides is 1. The van der Waals surface area contributed by atoms with Crippen LogP contribution in [0.4, 0.5) is 0 Å². The fourth-order valence-corrected chi connectivity index (χ4v) is 3.18. The van der Waals surface area contributed by atoms with Crippen LogP contribution < -0.4 is 16.2 Å². The Morgan fingerprint density at radius 1 is 1.43 bits per heavy atom. The van der Waals surface area contributed by atoms with E-state index in [1.807, 2.05) is 6.92 Å². The zero-order chi connectivity index (χ0) is 16.0. The van der Waals surface area contributed by atoms with E-state index in [-0.39, 0.29) is 17.9 Å². The van der Waals surface area contributed by atoms with Crippen molar-refractivity contribution in [1.29, 1.82) is 0 Å². The summed E-state index contributed by atoms with van der Waals surface area (Å²) in [5.74, 6) is 4.82. The number of carbonyl (C=O) groups is 1. The Morgan fingerprint density at radius 2 is 2.10 bits per heavy atom. The van der Waals surface area contributed by atoms with Gasteiger partial charge >= 0.3 is 0 Å². The first-order valence-electron chi connectivity index (χ1n) is 6.36. The summed E-state index contributed by atoms with van der Waals surface area (Å²) >= 11 is 0. The number of sulfonamides is 1. The lowest BCUT2D eigenvalue weighted by Crippen LogP contribution is -2.36. The number of rotatable bonds is 5. The third-order valence-electron chi connectivity index (χ3n) is 2.61. The smallest absolute Gasteiger partial charge is 0.242 e. The second-order valence-electron chi connectivity index (χ2n) is 4.70. The average molecular weight is 309 g/mol. The summed E-state index contributed by atoms with van der Waals surface area (Å²) in [6.45, 7) is 3.55. The van der Waals surface area contributed by atoms with Gasteiger partial charge in [-0.2, -0.15) is 0 Å².